The number of nitrogens with one attached hydrogen (secondary N) is 3. The zero-order valence-corrected chi connectivity index (χ0v) is 18.2. The molecule has 0 fully saturated rings. The molecule has 3 amide bonds. The van der Waals surface area contributed by atoms with E-state index in [0.29, 0.717) is 31.1 Å². The van der Waals surface area contributed by atoms with Gasteiger partial charge in [0, 0.05) is 18.3 Å². The van der Waals surface area contributed by atoms with Crippen LogP contribution >= 0.6 is 0 Å². The van der Waals surface area contributed by atoms with Crippen molar-refractivity contribution in [1.82, 2.24) is 10.2 Å². The highest BCUT2D eigenvalue weighted by Crippen LogP contribution is 2.13. The summed E-state index contributed by atoms with van der Waals surface area (Å²) in [4.78, 5) is 37.3. The Morgan fingerprint density at radius 3 is 2.19 bits per heavy atom. The summed E-state index contributed by atoms with van der Waals surface area (Å²) in [7, 11) is 0. The molecule has 0 aromatic heterocycles. The summed E-state index contributed by atoms with van der Waals surface area (Å²) < 4.78 is 5.61. The van der Waals surface area contributed by atoms with Gasteiger partial charge in [-0.2, -0.15) is 0 Å². The van der Waals surface area contributed by atoms with Crippen molar-refractivity contribution < 1.29 is 19.1 Å². The standard InChI is InChI=1S/C23H30N4O4/c1-4-27(15-22(29)24-12-13-31-21-7-5-6-17(2)14-21)16-23(30)26-20-10-8-19(9-11-20)25-18(3)28/h5-11,14H,4,12-13,15-16H2,1-3H3,(H,24,29)(H,25,28)(H,26,30). The molecule has 8 nitrogen and oxygen atoms in total. The van der Waals surface area contributed by atoms with Crippen molar-refractivity contribution in [3.8, 4) is 5.75 Å². The van der Waals surface area contributed by atoms with Crippen LogP contribution in [0.5, 0.6) is 5.75 Å². The fraction of sp³-hybridized carbons (Fsp3) is 0.348. The van der Waals surface area contributed by atoms with Gasteiger partial charge >= 0.3 is 0 Å². The van der Waals surface area contributed by atoms with E-state index in [1.165, 1.54) is 6.92 Å². The quantitative estimate of drug-likeness (QED) is 0.479. The lowest BCUT2D eigenvalue weighted by molar-refractivity contribution is -0.123. The summed E-state index contributed by atoms with van der Waals surface area (Å²) in [6, 6.07) is 14.6. The minimum Gasteiger partial charge on any atom is -0.492 e. The Morgan fingerprint density at radius 2 is 1.58 bits per heavy atom. The van der Waals surface area contributed by atoms with Crippen molar-refractivity contribution in [2.75, 3.05) is 43.4 Å². The topological polar surface area (TPSA) is 99.8 Å². The molecule has 0 radical (unpaired) electrons. The molecule has 2 aromatic carbocycles. The van der Waals surface area contributed by atoms with Gasteiger partial charge in [0.2, 0.25) is 17.7 Å². The number of anilines is 2. The molecule has 0 heterocycles. The monoisotopic (exact) mass is 426 g/mol. The molecule has 8 heteroatoms. The molecule has 0 aliphatic rings. The Hall–Kier alpha value is -3.39. The molecule has 0 saturated heterocycles. The first kappa shape index (κ1) is 23.9. The number of amides is 3. The number of aryl methyl sites for hydroxylation is 1. The zero-order valence-electron chi connectivity index (χ0n) is 18.2. The van der Waals surface area contributed by atoms with Crippen molar-refractivity contribution in [1.29, 1.82) is 0 Å². The maximum absolute atomic E-state index is 12.3. The van der Waals surface area contributed by atoms with Crippen LogP contribution in [-0.4, -0.2) is 55.4 Å². The molecule has 0 spiro atoms. The fourth-order valence-corrected chi connectivity index (χ4v) is 2.85. The molecule has 0 atom stereocenters. The number of ether oxygens (including phenoxy) is 1. The minimum absolute atomic E-state index is 0.0944. The minimum atomic E-state index is -0.218. The van der Waals surface area contributed by atoms with Crippen LogP contribution in [0.15, 0.2) is 48.5 Å². The second-order valence-electron chi connectivity index (χ2n) is 7.12. The lowest BCUT2D eigenvalue weighted by Crippen LogP contribution is -2.42. The van der Waals surface area contributed by atoms with Crippen LogP contribution in [0.2, 0.25) is 0 Å². The highest BCUT2D eigenvalue weighted by Gasteiger charge is 2.13. The number of nitrogens with zero attached hydrogens (tertiary/aromatic N) is 1. The summed E-state index contributed by atoms with van der Waals surface area (Å²) in [6.45, 7) is 6.85. The second-order valence-corrected chi connectivity index (χ2v) is 7.12. The molecule has 31 heavy (non-hydrogen) atoms. The molecule has 3 N–H and O–H groups in total. The van der Waals surface area contributed by atoms with Gasteiger partial charge in [-0.05, 0) is 55.4 Å². The number of hydrogen-bond donors (Lipinski definition) is 3. The maximum atomic E-state index is 12.3. The smallest absolute Gasteiger partial charge is 0.238 e. The third-order valence-corrected chi connectivity index (χ3v) is 4.35. The van der Waals surface area contributed by atoms with Crippen molar-refractivity contribution in [3.05, 3.63) is 54.1 Å². The maximum Gasteiger partial charge on any atom is 0.238 e. The third kappa shape index (κ3) is 9.31. The van der Waals surface area contributed by atoms with E-state index in [2.05, 4.69) is 16.0 Å². The normalized spacial score (nSPS) is 10.5. The molecular weight excluding hydrogens is 396 g/mol. The van der Waals surface area contributed by atoms with Crippen molar-refractivity contribution in [2.24, 2.45) is 0 Å². The van der Waals surface area contributed by atoms with E-state index in [1.54, 1.807) is 29.2 Å². The molecule has 0 bridgehead atoms. The summed E-state index contributed by atoms with van der Waals surface area (Å²) in [6.07, 6.45) is 0. The van der Waals surface area contributed by atoms with E-state index in [4.69, 9.17) is 4.74 Å². The molecule has 0 aliphatic heterocycles. The van der Waals surface area contributed by atoms with Crippen LogP contribution in [0.4, 0.5) is 11.4 Å². The molecule has 2 rings (SSSR count). The van der Waals surface area contributed by atoms with Gasteiger partial charge in [0.15, 0.2) is 0 Å². The van der Waals surface area contributed by atoms with Crippen LogP contribution in [0.25, 0.3) is 0 Å². The Morgan fingerprint density at radius 1 is 0.935 bits per heavy atom. The number of likely N-dealkylation sites (N-methyl/N-ethyl adjacent to an activating group) is 1. The fourth-order valence-electron chi connectivity index (χ4n) is 2.85. The van der Waals surface area contributed by atoms with Gasteiger partial charge < -0.3 is 20.7 Å². The second kappa shape index (κ2) is 12.3. The SMILES string of the molecule is CCN(CC(=O)NCCOc1cccc(C)c1)CC(=O)Nc1ccc(NC(C)=O)cc1. The number of hydrogen-bond acceptors (Lipinski definition) is 5. The van der Waals surface area contributed by atoms with Crippen LogP contribution in [0.3, 0.4) is 0 Å². The average molecular weight is 427 g/mol. The summed E-state index contributed by atoms with van der Waals surface area (Å²) in [5.74, 6) is 0.230. The Bertz CT molecular complexity index is 883. The molecule has 0 unspecified atom stereocenters. The van der Waals surface area contributed by atoms with Crippen LogP contribution in [-0.2, 0) is 14.4 Å². The Balaban J connectivity index is 1.70. The average Bonchev–Trinajstić information content (AvgIpc) is 2.72. The molecule has 166 valence electrons. The van der Waals surface area contributed by atoms with E-state index in [9.17, 15) is 14.4 Å². The van der Waals surface area contributed by atoms with Gasteiger partial charge in [0.25, 0.3) is 0 Å². The largest absolute Gasteiger partial charge is 0.492 e. The van der Waals surface area contributed by atoms with Gasteiger partial charge in [0.1, 0.15) is 12.4 Å². The Labute approximate surface area is 183 Å². The van der Waals surface area contributed by atoms with Crippen molar-refractivity contribution >= 4 is 29.1 Å². The Kier molecular flexibility index (Phi) is 9.51. The van der Waals surface area contributed by atoms with Gasteiger partial charge in [-0.25, -0.2) is 0 Å². The summed E-state index contributed by atoms with van der Waals surface area (Å²) in [5, 5.41) is 8.26. The van der Waals surface area contributed by atoms with Crippen LogP contribution in [0.1, 0.15) is 19.4 Å². The van der Waals surface area contributed by atoms with E-state index in [1.807, 2.05) is 38.1 Å². The van der Waals surface area contributed by atoms with Crippen molar-refractivity contribution in [2.45, 2.75) is 20.8 Å². The van der Waals surface area contributed by atoms with Gasteiger partial charge in [-0.15, -0.1) is 0 Å². The number of rotatable bonds is 11. The molecule has 0 saturated carbocycles. The highest BCUT2D eigenvalue weighted by molar-refractivity contribution is 5.93. The first-order valence-electron chi connectivity index (χ1n) is 10.2. The lowest BCUT2D eigenvalue weighted by Gasteiger charge is -2.19. The number of carbonyl (C=O) groups is 3. The van der Waals surface area contributed by atoms with Crippen LogP contribution < -0.4 is 20.7 Å². The number of benzene rings is 2. The van der Waals surface area contributed by atoms with E-state index in [-0.39, 0.29) is 30.8 Å². The zero-order chi connectivity index (χ0) is 22.6. The highest BCUT2D eigenvalue weighted by atomic mass is 16.5. The number of carbonyl (C=O) groups excluding carboxylic acids is 3. The predicted octanol–water partition coefficient (Wildman–Crippen LogP) is 2.41. The summed E-state index contributed by atoms with van der Waals surface area (Å²) in [5.41, 5.74) is 2.39. The lowest BCUT2D eigenvalue weighted by atomic mass is 10.2. The first-order chi connectivity index (χ1) is 14.9. The van der Waals surface area contributed by atoms with E-state index < -0.39 is 0 Å². The first-order valence-corrected chi connectivity index (χ1v) is 10.2. The predicted molar refractivity (Wildman–Crippen MR) is 121 cm³/mol. The molecule has 0 aliphatic carbocycles. The third-order valence-electron chi connectivity index (χ3n) is 4.35. The van der Waals surface area contributed by atoms with Gasteiger partial charge in [-0.3, -0.25) is 19.3 Å². The van der Waals surface area contributed by atoms with Gasteiger partial charge in [-0.1, -0.05) is 19.1 Å². The van der Waals surface area contributed by atoms with Crippen LogP contribution in [0, 0.1) is 6.92 Å². The van der Waals surface area contributed by atoms with Gasteiger partial charge in [0.05, 0.1) is 19.6 Å². The summed E-state index contributed by atoms with van der Waals surface area (Å²) >= 11 is 0. The van der Waals surface area contributed by atoms with E-state index in [0.717, 1.165) is 11.3 Å². The van der Waals surface area contributed by atoms with Crippen molar-refractivity contribution in [3.63, 3.8) is 0 Å². The molecular formula is C23H30N4O4. The molecule has 2 aromatic rings. The van der Waals surface area contributed by atoms with E-state index >= 15 is 0 Å².